The third-order valence-electron chi connectivity index (χ3n) is 5.37. The molecule has 2 unspecified atom stereocenters. The zero-order chi connectivity index (χ0) is 15.7. The number of benzene rings is 1. The third kappa shape index (κ3) is 2.85. The van der Waals surface area contributed by atoms with Crippen molar-refractivity contribution in [2.24, 2.45) is 5.73 Å². The van der Waals surface area contributed by atoms with E-state index in [-0.39, 0.29) is 5.54 Å². The van der Waals surface area contributed by atoms with Crippen LogP contribution in [0.5, 0.6) is 0 Å². The summed E-state index contributed by atoms with van der Waals surface area (Å²) in [6.45, 7) is 10.8. The Kier molecular flexibility index (Phi) is 4.40. The van der Waals surface area contributed by atoms with Crippen LogP contribution in [0.15, 0.2) is 36.4 Å². The topological polar surface area (TPSA) is 32.5 Å². The van der Waals surface area contributed by atoms with E-state index >= 15 is 0 Å². The van der Waals surface area contributed by atoms with E-state index in [1.165, 1.54) is 16.7 Å². The molecule has 1 fully saturated rings. The van der Waals surface area contributed by atoms with E-state index in [0.717, 1.165) is 45.4 Å². The van der Waals surface area contributed by atoms with Gasteiger partial charge in [-0.3, -0.25) is 4.90 Å². The van der Waals surface area contributed by atoms with E-state index in [1.807, 2.05) is 0 Å². The van der Waals surface area contributed by atoms with Crippen LogP contribution in [0.3, 0.4) is 0 Å². The van der Waals surface area contributed by atoms with Crippen molar-refractivity contribution >= 4 is 0 Å². The van der Waals surface area contributed by atoms with Gasteiger partial charge in [-0.25, -0.2) is 0 Å². The quantitative estimate of drug-likeness (QED) is 0.870. The van der Waals surface area contributed by atoms with Crippen LogP contribution in [0.25, 0.3) is 0 Å². The van der Waals surface area contributed by atoms with Gasteiger partial charge in [0, 0.05) is 32.2 Å². The number of fused-ring (bicyclic) bond motifs is 1. The maximum Gasteiger partial charge on any atom is 0.0607 e. The first kappa shape index (κ1) is 15.7. The Bertz CT molecular complexity index is 545. The third-order valence-corrected chi connectivity index (χ3v) is 5.37. The molecule has 0 bridgehead atoms. The van der Waals surface area contributed by atoms with E-state index in [1.54, 1.807) is 0 Å². The van der Waals surface area contributed by atoms with Crippen LogP contribution in [0, 0.1) is 0 Å². The predicted molar refractivity (Wildman–Crippen MR) is 92.9 cm³/mol. The maximum atomic E-state index is 7.07. The molecule has 22 heavy (non-hydrogen) atoms. The lowest BCUT2D eigenvalue weighted by Crippen LogP contribution is -2.61. The SMILES string of the molecule is C=C(C)CC1(N)c2ccccc2CCC1N1CCN(C)CC1. The smallest absolute Gasteiger partial charge is 0.0607 e. The molecule has 1 aromatic carbocycles. The van der Waals surface area contributed by atoms with Gasteiger partial charge in [-0.1, -0.05) is 29.8 Å². The summed E-state index contributed by atoms with van der Waals surface area (Å²) in [6.07, 6.45) is 3.17. The van der Waals surface area contributed by atoms with E-state index in [4.69, 9.17) is 5.73 Å². The fourth-order valence-electron chi connectivity index (χ4n) is 4.28. The van der Waals surface area contributed by atoms with Crippen molar-refractivity contribution in [1.82, 2.24) is 9.80 Å². The lowest BCUT2D eigenvalue weighted by Gasteiger charge is -2.50. The molecular weight excluding hydrogens is 270 g/mol. The minimum absolute atomic E-state index is 0.295. The molecule has 1 aromatic rings. The summed E-state index contributed by atoms with van der Waals surface area (Å²) in [6, 6.07) is 9.17. The highest BCUT2D eigenvalue weighted by Crippen LogP contribution is 2.40. The normalized spacial score (nSPS) is 30.0. The van der Waals surface area contributed by atoms with Crippen molar-refractivity contribution in [3.05, 3.63) is 47.5 Å². The van der Waals surface area contributed by atoms with Crippen LogP contribution in [0.1, 0.15) is 30.9 Å². The molecule has 2 aliphatic rings. The Morgan fingerprint density at radius 3 is 2.64 bits per heavy atom. The van der Waals surface area contributed by atoms with Crippen molar-refractivity contribution in [3.8, 4) is 0 Å². The van der Waals surface area contributed by atoms with Crippen LogP contribution >= 0.6 is 0 Å². The zero-order valence-electron chi connectivity index (χ0n) is 14.0. The predicted octanol–water partition coefficient (Wildman–Crippen LogP) is 2.37. The molecule has 1 aliphatic carbocycles. The summed E-state index contributed by atoms with van der Waals surface area (Å²) in [7, 11) is 2.21. The van der Waals surface area contributed by atoms with Crippen LogP contribution in [0.4, 0.5) is 0 Å². The second-order valence-corrected chi connectivity index (χ2v) is 7.23. The van der Waals surface area contributed by atoms with Crippen LogP contribution in [-0.2, 0) is 12.0 Å². The summed E-state index contributed by atoms with van der Waals surface area (Å²) in [5.74, 6) is 0. The molecular formula is C19H29N3. The minimum Gasteiger partial charge on any atom is -0.320 e. The van der Waals surface area contributed by atoms with Crippen molar-refractivity contribution in [2.45, 2.75) is 37.8 Å². The summed E-state index contributed by atoms with van der Waals surface area (Å²) < 4.78 is 0. The highest BCUT2D eigenvalue weighted by Gasteiger charge is 2.44. The Hall–Kier alpha value is -1.16. The highest BCUT2D eigenvalue weighted by atomic mass is 15.3. The number of nitrogens with two attached hydrogens (primary N) is 1. The molecule has 3 heteroatoms. The summed E-state index contributed by atoms with van der Waals surface area (Å²) in [5, 5.41) is 0. The van der Waals surface area contributed by atoms with Gasteiger partial charge in [0.1, 0.15) is 0 Å². The lowest BCUT2D eigenvalue weighted by atomic mass is 9.70. The van der Waals surface area contributed by atoms with Gasteiger partial charge in [-0.15, -0.1) is 6.58 Å². The fourth-order valence-corrected chi connectivity index (χ4v) is 4.28. The molecule has 0 saturated carbocycles. The van der Waals surface area contributed by atoms with Crippen molar-refractivity contribution in [3.63, 3.8) is 0 Å². The lowest BCUT2D eigenvalue weighted by molar-refractivity contribution is 0.0553. The number of likely N-dealkylation sites (N-methyl/N-ethyl adjacent to an activating group) is 1. The number of hydrogen-bond donors (Lipinski definition) is 1. The molecule has 1 saturated heterocycles. The number of aryl methyl sites for hydroxylation is 1. The molecule has 2 atom stereocenters. The number of hydrogen-bond acceptors (Lipinski definition) is 3. The highest BCUT2D eigenvalue weighted by molar-refractivity contribution is 5.39. The molecule has 0 spiro atoms. The second kappa shape index (κ2) is 6.15. The maximum absolute atomic E-state index is 7.07. The van der Waals surface area contributed by atoms with Crippen LogP contribution in [0.2, 0.25) is 0 Å². The van der Waals surface area contributed by atoms with Gasteiger partial charge < -0.3 is 10.6 Å². The van der Waals surface area contributed by atoms with Gasteiger partial charge in [0.05, 0.1) is 5.54 Å². The first-order valence-electron chi connectivity index (χ1n) is 8.45. The van der Waals surface area contributed by atoms with Crippen molar-refractivity contribution in [2.75, 3.05) is 33.2 Å². The van der Waals surface area contributed by atoms with E-state index in [0.29, 0.717) is 6.04 Å². The molecule has 0 radical (unpaired) electrons. The van der Waals surface area contributed by atoms with E-state index < -0.39 is 0 Å². The van der Waals surface area contributed by atoms with E-state index in [2.05, 4.69) is 54.6 Å². The molecule has 1 aliphatic heterocycles. The summed E-state index contributed by atoms with van der Waals surface area (Å²) in [4.78, 5) is 5.03. The van der Waals surface area contributed by atoms with Crippen molar-refractivity contribution in [1.29, 1.82) is 0 Å². The number of piperazine rings is 1. The molecule has 0 amide bonds. The molecule has 1 heterocycles. The van der Waals surface area contributed by atoms with Gasteiger partial charge in [0.25, 0.3) is 0 Å². The largest absolute Gasteiger partial charge is 0.320 e. The standard InChI is InChI=1S/C19H29N3/c1-15(2)14-19(20)17-7-5-4-6-16(17)8-9-18(19)22-12-10-21(3)11-13-22/h4-7,18H,1,8-14,20H2,2-3H3. The van der Waals surface area contributed by atoms with Crippen LogP contribution < -0.4 is 5.73 Å². The second-order valence-electron chi connectivity index (χ2n) is 7.23. The molecule has 3 nitrogen and oxygen atoms in total. The molecule has 2 N–H and O–H groups in total. The molecule has 0 aromatic heterocycles. The summed E-state index contributed by atoms with van der Waals surface area (Å²) in [5.41, 5.74) is 10.7. The number of rotatable bonds is 3. The zero-order valence-corrected chi connectivity index (χ0v) is 14.0. The average molecular weight is 299 g/mol. The fraction of sp³-hybridized carbons (Fsp3) is 0.579. The Morgan fingerprint density at radius 1 is 1.27 bits per heavy atom. The minimum atomic E-state index is -0.295. The average Bonchev–Trinajstić information content (AvgIpc) is 2.48. The van der Waals surface area contributed by atoms with Gasteiger partial charge >= 0.3 is 0 Å². The van der Waals surface area contributed by atoms with Gasteiger partial charge in [-0.05, 0) is 44.4 Å². The van der Waals surface area contributed by atoms with Gasteiger partial charge in [0.15, 0.2) is 0 Å². The Morgan fingerprint density at radius 2 is 1.95 bits per heavy atom. The van der Waals surface area contributed by atoms with Gasteiger partial charge in [-0.2, -0.15) is 0 Å². The van der Waals surface area contributed by atoms with Crippen molar-refractivity contribution < 1.29 is 0 Å². The first-order chi connectivity index (χ1) is 10.5. The Labute approximate surface area is 134 Å². The number of nitrogens with zero attached hydrogens (tertiary/aromatic N) is 2. The molecule has 3 rings (SSSR count). The van der Waals surface area contributed by atoms with Crippen LogP contribution in [-0.4, -0.2) is 49.1 Å². The molecule has 120 valence electrons. The monoisotopic (exact) mass is 299 g/mol. The summed E-state index contributed by atoms with van der Waals surface area (Å²) >= 11 is 0. The Balaban J connectivity index is 1.94. The van der Waals surface area contributed by atoms with Gasteiger partial charge in [0.2, 0.25) is 0 Å². The first-order valence-corrected chi connectivity index (χ1v) is 8.45. The van der Waals surface area contributed by atoms with E-state index in [9.17, 15) is 0 Å².